The molecule has 5 nitrogen and oxygen atoms in total. The maximum atomic E-state index is 13.4. The third-order valence-electron chi connectivity index (χ3n) is 7.49. The summed E-state index contributed by atoms with van der Waals surface area (Å²) in [6, 6.07) is 9.38. The maximum Gasteiger partial charge on any atom is 0.227 e. The zero-order valence-electron chi connectivity index (χ0n) is 18.3. The van der Waals surface area contributed by atoms with Crippen LogP contribution in [0, 0.1) is 5.82 Å². The number of anilines is 1. The number of nitrogens with zero attached hydrogens (tertiary/aromatic N) is 3. The summed E-state index contributed by atoms with van der Waals surface area (Å²) >= 11 is 0. The molecule has 0 atom stereocenters. The van der Waals surface area contributed by atoms with Crippen LogP contribution in [0.4, 0.5) is 10.1 Å². The van der Waals surface area contributed by atoms with Crippen LogP contribution in [-0.4, -0.2) is 42.1 Å². The highest BCUT2D eigenvalue weighted by atomic mass is 19.1. The van der Waals surface area contributed by atoms with E-state index < -0.39 is 0 Å². The Labute approximate surface area is 187 Å². The van der Waals surface area contributed by atoms with Crippen molar-refractivity contribution >= 4 is 22.6 Å². The molecule has 32 heavy (non-hydrogen) atoms. The standard InChI is InChI=1S/C26H28FN3O2/c27-21-4-5-22-23(16-21)32-28-25(22)18-7-11-29(12-8-18)10-1-2-17-14-19-3-6-24(31)30-13-9-20(15-17)26(19)30/h4-5,14-16,18H,1-3,6-13H2. The summed E-state index contributed by atoms with van der Waals surface area (Å²) in [6.07, 6.45) is 6.91. The van der Waals surface area contributed by atoms with Gasteiger partial charge in [-0.25, -0.2) is 4.39 Å². The highest BCUT2D eigenvalue weighted by Gasteiger charge is 2.31. The Hall–Kier alpha value is -2.73. The van der Waals surface area contributed by atoms with Gasteiger partial charge in [0.15, 0.2) is 5.58 Å². The summed E-state index contributed by atoms with van der Waals surface area (Å²) in [5, 5.41) is 5.21. The van der Waals surface area contributed by atoms with Gasteiger partial charge in [-0.1, -0.05) is 17.3 Å². The van der Waals surface area contributed by atoms with Crippen LogP contribution in [0.5, 0.6) is 0 Å². The molecule has 6 rings (SSSR count). The van der Waals surface area contributed by atoms with E-state index in [1.54, 1.807) is 6.07 Å². The fraction of sp³-hybridized carbons (Fsp3) is 0.462. The number of piperidine rings is 1. The first-order valence-corrected chi connectivity index (χ1v) is 11.9. The minimum atomic E-state index is -0.284. The number of likely N-dealkylation sites (tertiary alicyclic amines) is 1. The van der Waals surface area contributed by atoms with Gasteiger partial charge in [0.05, 0.1) is 11.4 Å². The molecule has 3 aliphatic heterocycles. The summed E-state index contributed by atoms with van der Waals surface area (Å²) < 4.78 is 18.8. The highest BCUT2D eigenvalue weighted by molar-refractivity contribution is 5.98. The second-order valence-electron chi connectivity index (χ2n) is 9.49. The number of hydrogen-bond donors (Lipinski definition) is 0. The molecule has 166 valence electrons. The highest BCUT2D eigenvalue weighted by Crippen LogP contribution is 2.38. The minimum absolute atomic E-state index is 0.284. The van der Waals surface area contributed by atoms with Gasteiger partial charge in [0.25, 0.3) is 0 Å². The zero-order chi connectivity index (χ0) is 21.7. The molecule has 2 aromatic carbocycles. The van der Waals surface area contributed by atoms with Crippen LogP contribution in [0.15, 0.2) is 34.9 Å². The van der Waals surface area contributed by atoms with E-state index in [0.29, 0.717) is 17.9 Å². The maximum absolute atomic E-state index is 13.4. The largest absolute Gasteiger partial charge is 0.356 e. The van der Waals surface area contributed by atoms with Gasteiger partial charge in [-0.15, -0.1) is 0 Å². The predicted octanol–water partition coefficient (Wildman–Crippen LogP) is 4.61. The molecule has 3 aliphatic rings. The number of aryl methyl sites for hydroxylation is 2. The lowest BCUT2D eigenvalue weighted by Crippen LogP contribution is -2.34. The second-order valence-corrected chi connectivity index (χ2v) is 9.49. The summed E-state index contributed by atoms with van der Waals surface area (Å²) in [5.41, 5.74) is 6.91. The molecule has 6 heteroatoms. The summed E-state index contributed by atoms with van der Waals surface area (Å²) in [7, 11) is 0. The van der Waals surface area contributed by atoms with Crippen LogP contribution in [0.25, 0.3) is 11.0 Å². The van der Waals surface area contributed by atoms with Crippen molar-refractivity contribution in [1.29, 1.82) is 0 Å². The number of aromatic nitrogens is 1. The Kier molecular flexibility index (Phi) is 4.98. The molecule has 0 unspecified atom stereocenters. The fourth-order valence-corrected chi connectivity index (χ4v) is 5.84. The number of benzene rings is 2. The van der Waals surface area contributed by atoms with Crippen molar-refractivity contribution in [3.8, 4) is 0 Å². The Morgan fingerprint density at radius 1 is 1.03 bits per heavy atom. The Morgan fingerprint density at radius 2 is 1.84 bits per heavy atom. The van der Waals surface area contributed by atoms with E-state index in [2.05, 4.69) is 22.2 Å². The van der Waals surface area contributed by atoms with Crippen LogP contribution >= 0.6 is 0 Å². The molecule has 1 fully saturated rings. The lowest BCUT2D eigenvalue weighted by Gasteiger charge is -2.31. The second kappa shape index (κ2) is 8.00. The first kappa shape index (κ1) is 19.9. The van der Waals surface area contributed by atoms with Crippen molar-refractivity contribution in [3.63, 3.8) is 0 Å². The molecule has 0 bridgehead atoms. The average Bonchev–Trinajstić information content (AvgIpc) is 3.42. The number of amides is 1. The monoisotopic (exact) mass is 433 g/mol. The van der Waals surface area contributed by atoms with Crippen molar-refractivity contribution in [3.05, 3.63) is 58.5 Å². The number of carbonyl (C=O) groups is 1. The number of halogens is 1. The quantitative estimate of drug-likeness (QED) is 0.589. The molecule has 0 N–H and O–H groups in total. The number of rotatable bonds is 5. The van der Waals surface area contributed by atoms with E-state index in [-0.39, 0.29) is 11.7 Å². The number of fused-ring (bicyclic) bond motifs is 1. The first-order chi connectivity index (χ1) is 15.7. The lowest BCUT2D eigenvalue weighted by atomic mass is 9.91. The first-order valence-electron chi connectivity index (χ1n) is 11.9. The smallest absolute Gasteiger partial charge is 0.227 e. The van der Waals surface area contributed by atoms with Crippen molar-refractivity contribution in [1.82, 2.24) is 10.1 Å². The van der Waals surface area contributed by atoms with E-state index in [9.17, 15) is 9.18 Å². The van der Waals surface area contributed by atoms with Crippen LogP contribution in [0.3, 0.4) is 0 Å². The van der Waals surface area contributed by atoms with Gasteiger partial charge in [0, 0.05) is 30.3 Å². The summed E-state index contributed by atoms with van der Waals surface area (Å²) in [5.74, 6) is 0.389. The molecule has 3 aromatic rings. The molecule has 1 saturated heterocycles. The number of carbonyl (C=O) groups excluding carboxylic acids is 1. The normalized spacial score (nSPS) is 19.2. The van der Waals surface area contributed by atoms with Gasteiger partial charge in [-0.05, 0) is 87.0 Å². The van der Waals surface area contributed by atoms with Gasteiger partial charge in [-0.2, -0.15) is 0 Å². The SMILES string of the molecule is O=C1CCc2cc(CCCN3CCC(c4noc5cc(F)ccc45)CC3)cc3c2N1CC3. The molecule has 1 aromatic heterocycles. The van der Waals surface area contributed by atoms with Gasteiger partial charge in [0.1, 0.15) is 5.82 Å². The third-order valence-corrected chi connectivity index (χ3v) is 7.49. The Bertz CT molecular complexity index is 1180. The summed E-state index contributed by atoms with van der Waals surface area (Å²) in [6.45, 7) is 4.09. The van der Waals surface area contributed by atoms with E-state index in [1.165, 1.54) is 34.5 Å². The molecule has 0 aliphatic carbocycles. The van der Waals surface area contributed by atoms with E-state index in [4.69, 9.17) is 4.52 Å². The Balaban J connectivity index is 1.04. The van der Waals surface area contributed by atoms with E-state index in [1.807, 2.05) is 4.90 Å². The van der Waals surface area contributed by atoms with Crippen LogP contribution in [0.1, 0.15) is 54.0 Å². The molecule has 0 radical (unpaired) electrons. The van der Waals surface area contributed by atoms with Gasteiger partial charge in [-0.3, -0.25) is 4.79 Å². The molecule has 4 heterocycles. The van der Waals surface area contributed by atoms with E-state index in [0.717, 1.165) is 75.8 Å². The van der Waals surface area contributed by atoms with Gasteiger partial charge in [0.2, 0.25) is 5.91 Å². The fourth-order valence-electron chi connectivity index (χ4n) is 5.84. The van der Waals surface area contributed by atoms with Crippen LogP contribution in [0.2, 0.25) is 0 Å². The third kappa shape index (κ3) is 3.51. The minimum Gasteiger partial charge on any atom is -0.356 e. The van der Waals surface area contributed by atoms with Crippen LogP contribution < -0.4 is 4.90 Å². The average molecular weight is 434 g/mol. The van der Waals surface area contributed by atoms with Crippen molar-refractivity contribution in [2.24, 2.45) is 0 Å². The zero-order valence-corrected chi connectivity index (χ0v) is 18.3. The molecular formula is C26H28FN3O2. The van der Waals surface area contributed by atoms with Crippen molar-refractivity contribution in [2.45, 2.75) is 50.9 Å². The predicted molar refractivity (Wildman–Crippen MR) is 122 cm³/mol. The van der Waals surface area contributed by atoms with E-state index >= 15 is 0 Å². The van der Waals surface area contributed by atoms with Gasteiger partial charge < -0.3 is 14.3 Å². The van der Waals surface area contributed by atoms with Crippen molar-refractivity contribution in [2.75, 3.05) is 31.1 Å². The molecule has 1 amide bonds. The molecular weight excluding hydrogens is 405 g/mol. The number of hydrogen-bond acceptors (Lipinski definition) is 4. The summed E-state index contributed by atoms with van der Waals surface area (Å²) in [4.78, 5) is 16.7. The van der Waals surface area contributed by atoms with Crippen LogP contribution in [-0.2, 0) is 24.1 Å². The van der Waals surface area contributed by atoms with Crippen molar-refractivity contribution < 1.29 is 13.7 Å². The molecule has 0 saturated carbocycles. The topological polar surface area (TPSA) is 49.6 Å². The lowest BCUT2D eigenvalue weighted by molar-refractivity contribution is -0.118. The van der Waals surface area contributed by atoms with Gasteiger partial charge >= 0.3 is 0 Å². The molecule has 0 spiro atoms. The Morgan fingerprint density at radius 3 is 2.69 bits per heavy atom.